The Morgan fingerprint density at radius 3 is 2.78 bits per heavy atom. The lowest BCUT2D eigenvalue weighted by Crippen LogP contribution is -2.00. The number of phenolic OH excluding ortho intramolecular Hbond substituents is 1. The van der Waals surface area contributed by atoms with E-state index in [9.17, 15) is 9.50 Å². The summed E-state index contributed by atoms with van der Waals surface area (Å²) in [5.74, 6) is -0.333. The lowest BCUT2D eigenvalue weighted by molar-refractivity contribution is 0.466. The van der Waals surface area contributed by atoms with Crippen LogP contribution in [-0.4, -0.2) is 5.11 Å². The highest BCUT2D eigenvalue weighted by molar-refractivity contribution is 9.10. The van der Waals surface area contributed by atoms with E-state index in [1.54, 1.807) is 6.07 Å². The maximum atomic E-state index is 13.0. The first-order chi connectivity index (χ1) is 8.56. The van der Waals surface area contributed by atoms with Crippen molar-refractivity contribution in [3.63, 3.8) is 0 Å². The van der Waals surface area contributed by atoms with Gasteiger partial charge in [-0.2, -0.15) is 0 Å². The van der Waals surface area contributed by atoms with E-state index in [1.807, 2.05) is 12.1 Å². The molecule has 0 unspecified atom stereocenters. The molecule has 0 aliphatic carbocycles. The molecule has 94 valence electrons. The van der Waals surface area contributed by atoms with Crippen LogP contribution >= 0.6 is 27.5 Å². The zero-order valence-electron chi connectivity index (χ0n) is 9.25. The maximum Gasteiger partial charge on any atom is 0.123 e. The molecular weight excluding hydrogens is 321 g/mol. The highest BCUT2D eigenvalue weighted by Gasteiger charge is 2.05. The minimum Gasteiger partial charge on any atom is -0.508 e. The molecule has 0 amide bonds. The van der Waals surface area contributed by atoms with Crippen molar-refractivity contribution in [2.24, 2.45) is 0 Å². The zero-order chi connectivity index (χ0) is 13.1. The minimum absolute atomic E-state index is 0.0509. The van der Waals surface area contributed by atoms with Crippen molar-refractivity contribution in [2.45, 2.75) is 6.54 Å². The molecule has 0 atom stereocenters. The van der Waals surface area contributed by atoms with E-state index in [0.29, 0.717) is 17.1 Å². The van der Waals surface area contributed by atoms with Crippen molar-refractivity contribution in [1.82, 2.24) is 0 Å². The number of anilines is 1. The van der Waals surface area contributed by atoms with Crippen molar-refractivity contribution in [3.05, 3.63) is 57.3 Å². The third-order valence-corrected chi connectivity index (χ3v) is 3.26. The summed E-state index contributed by atoms with van der Waals surface area (Å²) < 4.78 is 13.9. The second kappa shape index (κ2) is 5.59. The molecule has 0 saturated carbocycles. The molecule has 0 spiro atoms. The van der Waals surface area contributed by atoms with Crippen molar-refractivity contribution in [3.8, 4) is 5.75 Å². The van der Waals surface area contributed by atoms with Crippen LogP contribution in [0.25, 0.3) is 0 Å². The number of nitrogens with one attached hydrogen (secondary N) is 1. The van der Waals surface area contributed by atoms with Crippen LogP contribution in [0.4, 0.5) is 10.1 Å². The summed E-state index contributed by atoms with van der Waals surface area (Å²) >= 11 is 9.35. The molecule has 0 aromatic heterocycles. The molecule has 0 aliphatic rings. The van der Waals surface area contributed by atoms with Gasteiger partial charge in [-0.25, -0.2) is 4.39 Å². The fourth-order valence-electron chi connectivity index (χ4n) is 1.52. The predicted octanol–water partition coefficient (Wildman–Crippen LogP) is 4.56. The molecule has 2 nitrogen and oxygen atoms in total. The highest BCUT2D eigenvalue weighted by atomic mass is 79.9. The van der Waals surface area contributed by atoms with Gasteiger partial charge in [0.15, 0.2) is 0 Å². The van der Waals surface area contributed by atoms with E-state index in [2.05, 4.69) is 21.2 Å². The SMILES string of the molecule is Oc1ccc(F)cc1CNc1cc(Br)ccc1Cl. The molecule has 0 heterocycles. The van der Waals surface area contributed by atoms with Gasteiger partial charge in [-0.15, -0.1) is 0 Å². The van der Waals surface area contributed by atoms with E-state index in [1.165, 1.54) is 18.2 Å². The van der Waals surface area contributed by atoms with E-state index >= 15 is 0 Å². The molecule has 0 fully saturated rings. The van der Waals surface area contributed by atoms with Gasteiger partial charge in [0, 0.05) is 16.6 Å². The second-order valence-electron chi connectivity index (χ2n) is 3.75. The zero-order valence-corrected chi connectivity index (χ0v) is 11.6. The fourth-order valence-corrected chi connectivity index (χ4v) is 2.06. The number of phenols is 1. The second-order valence-corrected chi connectivity index (χ2v) is 5.07. The van der Waals surface area contributed by atoms with Gasteiger partial charge >= 0.3 is 0 Å². The Kier molecular flexibility index (Phi) is 4.09. The quantitative estimate of drug-likeness (QED) is 0.864. The number of benzene rings is 2. The fraction of sp³-hybridized carbons (Fsp3) is 0.0769. The summed E-state index contributed by atoms with van der Waals surface area (Å²) in [5.41, 5.74) is 1.20. The molecule has 0 aliphatic heterocycles. The molecule has 0 bridgehead atoms. The number of hydrogen-bond donors (Lipinski definition) is 2. The lowest BCUT2D eigenvalue weighted by atomic mass is 10.2. The molecule has 2 rings (SSSR count). The first-order valence-electron chi connectivity index (χ1n) is 5.22. The van der Waals surface area contributed by atoms with Gasteiger partial charge in [-0.3, -0.25) is 0 Å². The normalized spacial score (nSPS) is 10.4. The van der Waals surface area contributed by atoms with E-state index in [0.717, 1.165) is 10.2 Å². The topological polar surface area (TPSA) is 32.3 Å². The molecule has 0 saturated heterocycles. The van der Waals surface area contributed by atoms with Gasteiger partial charge < -0.3 is 10.4 Å². The Morgan fingerprint density at radius 2 is 2.00 bits per heavy atom. The lowest BCUT2D eigenvalue weighted by Gasteiger charge is -2.10. The van der Waals surface area contributed by atoms with Crippen LogP contribution in [0, 0.1) is 5.82 Å². The first kappa shape index (κ1) is 13.2. The third-order valence-electron chi connectivity index (χ3n) is 2.44. The van der Waals surface area contributed by atoms with Crippen molar-refractivity contribution >= 4 is 33.2 Å². The standard InChI is InChI=1S/C13H10BrClFNO/c14-9-1-3-11(15)12(6-9)17-7-8-5-10(16)2-4-13(8)18/h1-6,17-18H,7H2. The summed E-state index contributed by atoms with van der Waals surface area (Å²) in [6, 6.07) is 9.22. The van der Waals surface area contributed by atoms with Crippen LogP contribution in [0.1, 0.15) is 5.56 Å². The van der Waals surface area contributed by atoms with Gasteiger partial charge in [0.1, 0.15) is 11.6 Å². The molecule has 5 heteroatoms. The molecular formula is C13H10BrClFNO. The smallest absolute Gasteiger partial charge is 0.123 e. The largest absolute Gasteiger partial charge is 0.508 e. The van der Waals surface area contributed by atoms with Crippen molar-refractivity contribution in [2.75, 3.05) is 5.32 Å². The minimum atomic E-state index is -0.384. The monoisotopic (exact) mass is 329 g/mol. The van der Waals surface area contributed by atoms with Crippen LogP contribution in [0.15, 0.2) is 40.9 Å². The molecule has 2 aromatic rings. The Bertz CT molecular complexity index is 525. The van der Waals surface area contributed by atoms with Gasteiger partial charge in [0.2, 0.25) is 0 Å². The molecule has 2 N–H and O–H groups in total. The van der Waals surface area contributed by atoms with E-state index in [4.69, 9.17) is 11.6 Å². The predicted molar refractivity (Wildman–Crippen MR) is 74.5 cm³/mol. The summed E-state index contributed by atoms with van der Waals surface area (Å²) in [5, 5.41) is 13.2. The van der Waals surface area contributed by atoms with Crippen molar-refractivity contribution < 1.29 is 9.50 Å². The first-order valence-corrected chi connectivity index (χ1v) is 6.39. The molecule has 0 radical (unpaired) electrons. The Labute approximate surface area is 118 Å². The van der Waals surface area contributed by atoms with Crippen LogP contribution in [-0.2, 0) is 6.54 Å². The van der Waals surface area contributed by atoms with Crippen LogP contribution in [0.2, 0.25) is 5.02 Å². The summed E-state index contributed by atoms with van der Waals surface area (Å²) in [6.07, 6.45) is 0. The van der Waals surface area contributed by atoms with Gasteiger partial charge in [0.05, 0.1) is 10.7 Å². The van der Waals surface area contributed by atoms with Crippen LogP contribution in [0.3, 0.4) is 0 Å². The number of hydrogen-bond acceptors (Lipinski definition) is 2. The van der Waals surface area contributed by atoms with E-state index in [-0.39, 0.29) is 11.6 Å². The summed E-state index contributed by atoms with van der Waals surface area (Å²) in [6.45, 7) is 0.291. The Hall–Kier alpha value is -1.26. The number of aromatic hydroxyl groups is 1. The van der Waals surface area contributed by atoms with Crippen molar-refractivity contribution in [1.29, 1.82) is 0 Å². The third kappa shape index (κ3) is 3.15. The summed E-state index contributed by atoms with van der Waals surface area (Å²) in [7, 11) is 0. The Morgan fingerprint density at radius 1 is 1.22 bits per heavy atom. The summed E-state index contributed by atoms with van der Waals surface area (Å²) in [4.78, 5) is 0. The number of halogens is 3. The van der Waals surface area contributed by atoms with Gasteiger partial charge in [-0.1, -0.05) is 27.5 Å². The average Bonchev–Trinajstić information content (AvgIpc) is 2.34. The van der Waals surface area contributed by atoms with Gasteiger partial charge in [-0.05, 0) is 36.4 Å². The molecule has 2 aromatic carbocycles. The van der Waals surface area contributed by atoms with E-state index < -0.39 is 0 Å². The Balaban J connectivity index is 2.16. The number of rotatable bonds is 3. The molecule has 18 heavy (non-hydrogen) atoms. The van der Waals surface area contributed by atoms with Gasteiger partial charge in [0.25, 0.3) is 0 Å². The maximum absolute atomic E-state index is 13.0. The van der Waals surface area contributed by atoms with Crippen LogP contribution < -0.4 is 5.32 Å². The highest BCUT2D eigenvalue weighted by Crippen LogP contribution is 2.27. The van der Waals surface area contributed by atoms with Crippen LogP contribution in [0.5, 0.6) is 5.75 Å². The average molecular weight is 331 g/mol.